The normalized spacial score (nSPS) is 26.4. The average molecular weight is 555 g/mol. The van der Waals surface area contributed by atoms with Crippen LogP contribution < -0.4 is 0 Å². The van der Waals surface area contributed by atoms with Gasteiger partial charge in [-0.15, -0.1) is 0 Å². The molecule has 0 bridgehead atoms. The van der Waals surface area contributed by atoms with Gasteiger partial charge in [-0.2, -0.15) is 0 Å². The Balaban J connectivity index is 0.000000141. The Morgan fingerprint density at radius 2 is 1.42 bits per heavy atom. The summed E-state index contributed by atoms with van der Waals surface area (Å²) in [6.45, 7) is 9.97. The topological polar surface area (TPSA) is 18.5 Å². The molecule has 0 saturated heterocycles. The molecule has 2 aliphatic heterocycles. The van der Waals surface area contributed by atoms with Crippen molar-refractivity contribution in [1.29, 1.82) is 0 Å². The molecule has 0 radical (unpaired) electrons. The van der Waals surface area contributed by atoms with E-state index in [0.29, 0.717) is 0 Å². The molecule has 1 unspecified atom stereocenters. The van der Waals surface area contributed by atoms with Crippen LogP contribution in [0.4, 0.5) is 2.86 Å². The molecule has 0 fully saturated rings. The summed E-state index contributed by atoms with van der Waals surface area (Å²) in [6.07, 6.45) is 0. The molecule has 130 valence electrons. The summed E-state index contributed by atoms with van der Waals surface area (Å²) in [4.78, 5) is 2.26. The van der Waals surface area contributed by atoms with Crippen LogP contribution in [0.2, 0.25) is 0 Å². The Bertz CT molecular complexity index is 682. The van der Waals surface area contributed by atoms with Crippen LogP contribution in [0.3, 0.4) is 0 Å². The summed E-state index contributed by atoms with van der Waals surface area (Å²) >= 11 is -4.04. The predicted molar refractivity (Wildman–Crippen MR) is 113 cm³/mol. The van der Waals surface area contributed by atoms with Crippen LogP contribution in [0.25, 0.3) is 0 Å². The Morgan fingerprint density at radius 3 is 2.00 bits per heavy atom. The van der Waals surface area contributed by atoms with Crippen molar-refractivity contribution in [2.24, 2.45) is 0 Å². The quantitative estimate of drug-likeness (QED) is 0.213. The van der Waals surface area contributed by atoms with Crippen LogP contribution in [0, 0.1) is 14.1 Å². The van der Waals surface area contributed by atoms with Crippen LogP contribution in [0.1, 0.15) is 31.9 Å². The van der Waals surface area contributed by atoms with Crippen molar-refractivity contribution < 1.29 is 8.99 Å². The zero-order valence-corrected chi connectivity index (χ0v) is 18.6. The van der Waals surface area contributed by atoms with E-state index in [1.54, 1.807) is 6.07 Å². The molecule has 2 nitrogen and oxygen atoms in total. The van der Waals surface area contributed by atoms with E-state index in [-0.39, 0.29) is 5.60 Å². The van der Waals surface area contributed by atoms with Gasteiger partial charge >= 0.3 is 161 Å². The molecule has 0 spiro atoms. The molecule has 2 heterocycles. The SMILES string of the molecule is CI1OC(C)(C)c2ccccc21.[CH2+]C1(C)OI(F)c2ccccc21. The van der Waals surface area contributed by atoms with E-state index in [9.17, 15) is 2.86 Å². The predicted octanol–water partition coefficient (Wildman–Crippen LogP) is 6.41. The fourth-order valence-electron chi connectivity index (χ4n) is 2.81. The van der Waals surface area contributed by atoms with E-state index in [1.807, 2.05) is 25.1 Å². The minimum atomic E-state index is -2.80. The van der Waals surface area contributed by atoms with E-state index in [2.05, 4.69) is 50.0 Å². The van der Waals surface area contributed by atoms with E-state index >= 15 is 0 Å². The number of alkyl halides is 1. The second-order valence-electron chi connectivity index (χ2n) is 6.48. The molecule has 4 rings (SSSR count). The molecule has 0 N–H and O–H groups in total. The number of benzene rings is 2. The van der Waals surface area contributed by atoms with E-state index < -0.39 is 46.6 Å². The molecular weight excluding hydrogens is 533 g/mol. The van der Waals surface area contributed by atoms with Gasteiger partial charge in [-0.1, -0.05) is 0 Å². The second kappa shape index (κ2) is 6.74. The molecule has 2 aliphatic rings. The van der Waals surface area contributed by atoms with Gasteiger partial charge in [-0.25, -0.2) is 0 Å². The van der Waals surface area contributed by atoms with Crippen molar-refractivity contribution in [3.8, 4) is 0 Å². The van der Waals surface area contributed by atoms with Crippen molar-refractivity contribution in [2.45, 2.75) is 32.0 Å². The summed E-state index contributed by atoms with van der Waals surface area (Å²) in [5.74, 6) is 0. The van der Waals surface area contributed by atoms with Crippen LogP contribution in [-0.4, -0.2) is 4.93 Å². The number of hydrogen-bond acceptors (Lipinski definition) is 2. The van der Waals surface area contributed by atoms with E-state index in [1.165, 1.54) is 9.13 Å². The third-order valence-corrected chi connectivity index (χ3v) is 11.5. The molecule has 1 atom stereocenters. The van der Waals surface area contributed by atoms with Gasteiger partial charge in [0.1, 0.15) is 0 Å². The molecule has 0 aliphatic carbocycles. The van der Waals surface area contributed by atoms with E-state index in [0.717, 1.165) is 9.13 Å². The third kappa shape index (κ3) is 3.45. The van der Waals surface area contributed by atoms with Gasteiger partial charge in [0.15, 0.2) is 0 Å². The van der Waals surface area contributed by atoms with Crippen molar-refractivity contribution in [3.63, 3.8) is 0 Å². The van der Waals surface area contributed by atoms with Gasteiger partial charge < -0.3 is 0 Å². The minimum absolute atomic E-state index is 0.0316. The monoisotopic (exact) mass is 555 g/mol. The zero-order chi connectivity index (χ0) is 17.5. The van der Waals surface area contributed by atoms with Crippen LogP contribution >= 0.6 is 41.0 Å². The molecule has 0 amide bonds. The molecule has 2 aromatic rings. The van der Waals surface area contributed by atoms with Gasteiger partial charge in [0.2, 0.25) is 0 Å². The fraction of sp³-hybridized carbons (Fsp3) is 0.316. The number of hydrogen-bond donors (Lipinski definition) is 0. The standard InChI is InChI=1S/C10H13IO.C9H9FIO/c1-10(2)8-6-4-5-7-9(8)11(3)12-10;1-9(2)7-5-3-4-6-8(7)11(10)12-9/h4-7H,1-3H3;3-6H,1H2,2H3/q;+1. The Morgan fingerprint density at radius 1 is 0.875 bits per heavy atom. The number of fused-ring (bicyclic) bond motifs is 2. The molecule has 5 heteroatoms. The molecule has 0 aromatic heterocycles. The van der Waals surface area contributed by atoms with Crippen molar-refractivity contribution in [1.82, 2.24) is 0 Å². The second-order valence-corrected chi connectivity index (χ2v) is 13.3. The van der Waals surface area contributed by atoms with Gasteiger partial charge in [-0.05, 0) is 0 Å². The van der Waals surface area contributed by atoms with Crippen molar-refractivity contribution in [2.75, 3.05) is 4.93 Å². The number of rotatable bonds is 0. The summed E-state index contributed by atoms with van der Waals surface area (Å²) in [7, 11) is 0. The fourth-order valence-corrected chi connectivity index (χ4v) is 10.3. The van der Waals surface area contributed by atoms with Crippen LogP contribution in [-0.2, 0) is 17.3 Å². The summed E-state index contributed by atoms with van der Waals surface area (Å²) < 4.78 is 26.7. The van der Waals surface area contributed by atoms with E-state index in [4.69, 9.17) is 6.13 Å². The summed E-state index contributed by atoms with van der Waals surface area (Å²) in [6, 6.07) is 16.0. The van der Waals surface area contributed by atoms with Crippen molar-refractivity contribution >= 4 is 41.0 Å². The third-order valence-electron chi connectivity index (χ3n) is 3.96. The van der Waals surface area contributed by atoms with Gasteiger partial charge in [0.05, 0.1) is 0 Å². The molecule has 0 saturated carbocycles. The first-order chi connectivity index (χ1) is 11.2. The van der Waals surface area contributed by atoms with Crippen LogP contribution in [0.5, 0.6) is 0 Å². The average Bonchev–Trinajstić information content (AvgIpc) is 2.91. The van der Waals surface area contributed by atoms with Gasteiger partial charge in [-0.3, -0.25) is 0 Å². The first kappa shape index (κ1) is 18.4. The number of halogens is 3. The van der Waals surface area contributed by atoms with Gasteiger partial charge in [0, 0.05) is 0 Å². The zero-order valence-electron chi connectivity index (χ0n) is 14.3. The molecule has 2 aromatic carbocycles. The van der Waals surface area contributed by atoms with Crippen molar-refractivity contribution in [3.05, 3.63) is 73.7 Å². The Hall–Kier alpha value is -0.380. The Labute approximate surface area is 159 Å². The molecular formula is C19H22FI2O2+. The van der Waals surface area contributed by atoms with Crippen LogP contribution in [0.15, 0.2) is 48.5 Å². The summed E-state index contributed by atoms with van der Waals surface area (Å²) in [5.41, 5.74) is 1.63. The maximum atomic E-state index is 13.3. The maximum absolute atomic E-state index is 13.3. The van der Waals surface area contributed by atoms with Gasteiger partial charge in [0.25, 0.3) is 0 Å². The Kier molecular flexibility index (Phi) is 5.17. The first-order valence-electron chi connectivity index (χ1n) is 7.62. The molecule has 24 heavy (non-hydrogen) atoms. The first-order valence-corrected chi connectivity index (χ1v) is 14.5. The summed E-state index contributed by atoms with van der Waals surface area (Å²) in [5, 5.41) is 0.